The van der Waals surface area contributed by atoms with Crippen molar-refractivity contribution in [2.24, 2.45) is 0 Å². The third kappa shape index (κ3) is 3.72. The summed E-state index contributed by atoms with van der Waals surface area (Å²) < 4.78 is 0. The largest absolute Gasteiger partial charge is 0.365 e. The maximum absolute atomic E-state index is 12.1. The topological polar surface area (TPSA) is 58.1 Å². The van der Waals surface area contributed by atoms with E-state index in [0.717, 1.165) is 6.42 Å². The number of hydrogen-bond donors (Lipinski definition) is 1. The van der Waals surface area contributed by atoms with Gasteiger partial charge < -0.3 is 10.2 Å². The van der Waals surface area contributed by atoms with E-state index in [-0.39, 0.29) is 5.91 Å². The summed E-state index contributed by atoms with van der Waals surface area (Å²) in [5, 5.41) is 3.52. The normalized spacial score (nSPS) is 20.4. The van der Waals surface area contributed by atoms with Crippen LogP contribution in [0.1, 0.15) is 47.7 Å². The van der Waals surface area contributed by atoms with E-state index in [9.17, 15) is 4.79 Å². The Morgan fingerprint density at radius 2 is 1.88 bits per heavy atom. The van der Waals surface area contributed by atoms with Gasteiger partial charge in [-0.2, -0.15) is 0 Å². The van der Waals surface area contributed by atoms with Crippen LogP contribution in [0.5, 0.6) is 0 Å². The minimum absolute atomic E-state index is 0.130. The Morgan fingerprint density at radius 3 is 2.62 bits per heavy atom. The molecule has 1 N–H and O–H groups in total. The van der Waals surface area contributed by atoms with Crippen molar-refractivity contribution in [3.63, 3.8) is 0 Å². The molecule has 0 radical (unpaired) electrons. The number of hydrogen-bond acceptors (Lipinski definition) is 4. The number of nitrogens with zero attached hydrogens (tertiary/aromatic N) is 3. The van der Waals surface area contributed by atoms with Crippen LogP contribution < -0.4 is 5.32 Å². The Labute approximate surface area is 143 Å². The molecule has 0 unspecified atom stereocenters. The summed E-state index contributed by atoms with van der Waals surface area (Å²) in [7, 11) is 3.44. The Hall–Kier alpha value is -2.43. The van der Waals surface area contributed by atoms with E-state index in [0.29, 0.717) is 23.5 Å². The zero-order valence-electron chi connectivity index (χ0n) is 14.3. The molecular weight excluding hydrogens is 300 g/mol. The molecule has 0 bridgehead atoms. The number of aromatic nitrogens is 2. The highest BCUT2D eigenvalue weighted by Crippen LogP contribution is 2.34. The van der Waals surface area contributed by atoms with Gasteiger partial charge in [0.1, 0.15) is 11.5 Å². The van der Waals surface area contributed by atoms with Crippen molar-refractivity contribution in [2.45, 2.75) is 37.6 Å². The van der Waals surface area contributed by atoms with Gasteiger partial charge in [-0.05, 0) is 18.4 Å². The van der Waals surface area contributed by atoms with Crippen molar-refractivity contribution in [1.82, 2.24) is 14.9 Å². The highest BCUT2D eigenvalue weighted by atomic mass is 16.2. The number of rotatable bonds is 4. The second kappa shape index (κ2) is 7.43. The molecule has 1 amide bonds. The number of carbonyl (C=O) groups is 1. The fourth-order valence-electron chi connectivity index (χ4n) is 3.36. The molecule has 5 nitrogen and oxygen atoms in total. The van der Waals surface area contributed by atoms with E-state index in [2.05, 4.69) is 45.6 Å². The van der Waals surface area contributed by atoms with Gasteiger partial charge in [-0.15, -0.1) is 0 Å². The van der Waals surface area contributed by atoms with Crippen LogP contribution in [0.2, 0.25) is 0 Å². The third-order valence-electron chi connectivity index (χ3n) is 4.59. The maximum atomic E-state index is 12.1. The molecule has 1 aliphatic carbocycles. The molecule has 0 spiro atoms. The maximum Gasteiger partial charge on any atom is 0.273 e. The number of amides is 1. The van der Waals surface area contributed by atoms with Gasteiger partial charge in [-0.3, -0.25) is 9.78 Å². The van der Waals surface area contributed by atoms with E-state index >= 15 is 0 Å². The first-order valence-electron chi connectivity index (χ1n) is 8.50. The fourth-order valence-corrected chi connectivity index (χ4v) is 3.36. The predicted molar refractivity (Wildman–Crippen MR) is 95.1 cm³/mol. The Bertz CT molecular complexity index is 687. The summed E-state index contributed by atoms with van der Waals surface area (Å²) >= 11 is 0. The van der Waals surface area contributed by atoms with Gasteiger partial charge in [0.15, 0.2) is 0 Å². The average molecular weight is 324 g/mol. The summed E-state index contributed by atoms with van der Waals surface area (Å²) in [6, 6.07) is 11.0. The van der Waals surface area contributed by atoms with E-state index in [1.54, 1.807) is 20.3 Å². The molecule has 2 atom stereocenters. The van der Waals surface area contributed by atoms with E-state index in [1.165, 1.54) is 35.9 Å². The van der Waals surface area contributed by atoms with Crippen LogP contribution in [-0.4, -0.2) is 40.9 Å². The summed E-state index contributed by atoms with van der Waals surface area (Å²) in [6.45, 7) is 0. The van der Waals surface area contributed by atoms with Gasteiger partial charge in [0, 0.05) is 26.1 Å². The molecule has 1 aromatic heterocycles. The van der Waals surface area contributed by atoms with Crippen LogP contribution in [0.25, 0.3) is 0 Å². The lowest BCUT2D eigenvalue weighted by Gasteiger charge is -2.33. The summed E-state index contributed by atoms with van der Waals surface area (Å²) in [6.07, 6.45) is 7.96. The zero-order valence-corrected chi connectivity index (χ0v) is 14.3. The van der Waals surface area contributed by atoms with Crippen molar-refractivity contribution in [3.05, 3.63) is 54.0 Å². The Morgan fingerprint density at radius 1 is 1.12 bits per heavy atom. The number of carbonyl (C=O) groups excluding carboxylic acids is 1. The molecule has 1 aliphatic rings. The zero-order chi connectivity index (χ0) is 16.9. The smallest absolute Gasteiger partial charge is 0.273 e. The molecule has 2 aromatic rings. The van der Waals surface area contributed by atoms with Crippen LogP contribution in [0.3, 0.4) is 0 Å². The first-order valence-corrected chi connectivity index (χ1v) is 8.50. The van der Waals surface area contributed by atoms with Gasteiger partial charge >= 0.3 is 0 Å². The first-order chi connectivity index (χ1) is 11.6. The van der Waals surface area contributed by atoms with Crippen LogP contribution in [-0.2, 0) is 0 Å². The lowest BCUT2D eigenvalue weighted by molar-refractivity contribution is 0.0821. The Kier molecular flexibility index (Phi) is 5.08. The summed E-state index contributed by atoms with van der Waals surface area (Å²) in [4.78, 5) is 22.2. The molecule has 1 heterocycles. The van der Waals surface area contributed by atoms with Gasteiger partial charge in [-0.1, -0.05) is 43.2 Å². The van der Waals surface area contributed by atoms with Crippen LogP contribution in [0.4, 0.5) is 5.82 Å². The van der Waals surface area contributed by atoms with Crippen LogP contribution in [0.15, 0.2) is 42.7 Å². The van der Waals surface area contributed by atoms with Crippen molar-refractivity contribution < 1.29 is 4.79 Å². The fraction of sp³-hybridized carbons (Fsp3) is 0.421. The molecule has 126 valence electrons. The highest BCUT2D eigenvalue weighted by Gasteiger charge is 2.26. The molecular formula is C19H24N4O. The summed E-state index contributed by atoms with van der Waals surface area (Å²) in [5.41, 5.74) is 1.74. The van der Waals surface area contributed by atoms with Gasteiger partial charge in [0.2, 0.25) is 0 Å². The second-order valence-electron chi connectivity index (χ2n) is 6.54. The average Bonchev–Trinajstić information content (AvgIpc) is 2.62. The number of nitrogens with one attached hydrogen (secondary N) is 1. The molecule has 1 fully saturated rings. The molecule has 5 heteroatoms. The predicted octanol–water partition coefficient (Wildman–Crippen LogP) is 3.32. The quantitative estimate of drug-likeness (QED) is 0.937. The van der Waals surface area contributed by atoms with Crippen LogP contribution in [0, 0.1) is 0 Å². The van der Waals surface area contributed by atoms with Gasteiger partial charge in [-0.25, -0.2) is 4.98 Å². The molecule has 1 saturated carbocycles. The number of benzene rings is 1. The van der Waals surface area contributed by atoms with E-state index < -0.39 is 0 Å². The Balaban J connectivity index is 1.78. The lowest BCUT2D eigenvalue weighted by Crippen LogP contribution is -2.31. The van der Waals surface area contributed by atoms with Crippen molar-refractivity contribution in [2.75, 3.05) is 19.4 Å². The first kappa shape index (κ1) is 16.4. The highest BCUT2D eigenvalue weighted by molar-refractivity contribution is 5.91. The lowest BCUT2D eigenvalue weighted by atomic mass is 9.80. The SMILES string of the molecule is CN(C)C(=O)c1cncc(N[C@@H]2CCCC[C@H]2c2ccccc2)n1. The van der Waals surface area contributed by atoms with Crippen LogP contribution >= 0.6 is 0 Å². The monoisotopic (exact) mass is 324 g/mol. The number of anilines is 1. The standard InChI is InChI=1S/C19H24N4O/c1-23(2)19(24)17-12-20-13-18(22-17)21-16-11-7-6-10-15(16)14-8-4-3-5-9-14/h3-5,8-9,12-13,15-16H,6-7,10-11H2,1-2H3,(H,21,22)/t15-,16+/m0/s1. The molecule has 24 heavy (non-hydrogen) atoms. The second-order valence-corrected chi connectivity index (χ2v) is 6.54. The molecule has 3 rings (SSSR count). The molecule has 0 saturated heterocycles. The van der Waals surface area contributed by atoms with Crippen molar-refractivity contribution in [1.29, 1.82) is 0 Å². The molecule has 1 aromatic carbocycles. The van der Waals surface area contributed by atoms with E-state index in [4.69, 9.17) is 0 Å². The molecule has 0 aliphatic heterocycles. The van der Waals surface area contributed by atoms with Gasteiger partial charge in [0.25, 0.3) is 5.91 Å². The van der Waals surface area contributed by atoms with Crippen molar-refractivity contribution >= 4 is 11.7 Å². The summed E-state index contributed by atoms with van der Waals surface area (Å²) in [5.74, 6) is 1.01. The van der Waals surface area contributed by atoms with Crippen molar-refractivity contribution in [3.8, 4) is 0 Å². The van der Waals surface area contributed by atoms with E-state index in [1.807, 2.05) is 0 Å². The minimum atomic E-state index is -0.130. The van der Waals surface area contributed by atoms with Gasteiger partial charge in [0.05, 0.1) is 12.4 Å². The minimum Gasteiger partial charge on any atom is -0.365 e. The third-order valence-corrected chi connectivity index (χ3v) is 4.59.